The molecular formula is C14H31NO. The summed E-state index contributed by atoms with van der Waals surface area (Å²) in [6, 6.07) is 0. The number of rotatable bonds is 10. The van der Waals surface area contributed by atoms with Gasteiger partial charge in [0.1, 0.15) is 0 Å². The van der Waals surface area contributed by atoms with Crippen molar-refractivity contribution in [1.29, 1.82) is 0 Å². The van der Waals surface area contributed by atoms with Crippen LogP contribution in [0.4, 0.5) is 0 Å². The molecule has 0 aliphatic heterocycles. The van der Waals surface area contributed by atoms with E-state index in [4.69, 9.17) is 5.11 Å². The van der Waals surface area contributed by atoms with Crippen LogP contribution in [0.25, 0.3) is 0 Å². The summed E-state index contributed by atoms with van der Waals surface area (Å²) in [6.45, 7) is 11.0. The van der Waals surface area contributed by atoms with Gasteiger partial charge in [-0.25, -0.2) is 0 Å². The van der Waals surface area contributed by atoms with E-state index >= 15 is 0 Å². The van der Waals surface area contributed by atoms with Crippen LogP contribution in [0.5, 0.6) is 0 Å². The van der Waals surface area contributed by atoms with E-state index in [0.717, 1.165) is 19.0 Å². The standard InChI is InChI=1S/C14H31NO/c1-5-7-8-13(6-2)9-10-15-11-14(3,4)12-16/h13,15-16H,5-12H2,1-4H3. The monoisotopic (exact) mass is 229 g/mol. The van der Waals surface area contributed by atoms with Gasteiger partial charge in [0.15, 0.2) is 0 Å². The third-order valence-corrected chi connectivity index (χ3v) is 3.30. The minimum absolute atomic E-state index is 0.0190. The van der Waals surface area contributed by atoms with E-state index in [-0.39, 0.29) is 12.0 Å². The van der Waals surface area contributed by atoms with Crippen LogP contribution in [-0.2, 0) is 0 Å². The van der Waals surface area contributed by atoms with Gasteiger partial charge in [-0.1, -0.05) is 53.4 Å². The highest BCUT2D eigenvalue weighted by molar-refractivity contribution is 4.70. The highest BCUT2D eigenvalue weighted by Gasteiger charge is 2.15. The van der Waals surface area contributed by atoms with Gasteiger partial charge in [-0.2, -0.15) is 0 Å². The molecule has 1 unspecified atom stereocenters. The summed E-state index contributed by atoms with van der Waals surface area (Å²) in [5.74, 6) is 0.879. The van der Waals surface area contributed by atoms with E-state index in [1.165, 1.54) is 32.1 Å². The molecule has 2 nitrogen and oxygen atoms in total. The lowest BCUT2D eigenvalue weighted by molar-refractivity contribution is 0.156. The van der Waals surface area contributed by atoms with Crippen molar-refractivity contribution in [3.8, 4) is 0 Å². The second-order valence-corrected chi connectivity index (χ2v) is 5.70. The summed E-state index contributed by atoms with van der Waals surface area (Å²) in [5.41, 5.74) is 0.0190. The van der Waals surface area contributed by atoms with Crippen LogP contribution in [0.2, 0.25) is 0 Å². The van der Waals surface area contributed by atoms with E-state index < -0.39 is 0 Å². The first-order valence-corrected chi connectivity index (χ1v) is 6.87. The van der Waals surface area contributed by atoms with Crippen LogP contribution in [0, 0.1) is 11.3 Å². The normalized spacial score (nSPS) is 14.1. The first-order valence-electron chi connectivity index (χ1n) is 6.87. The number of aliphatic hydroxyl groups is 1. The second-order valence-electron chi connectivity index (χ2n) is 5.70. The van der Waals surface area contributed by atoms with Gasteiger partial charge < -0.3 is 10.4 Å². The largest absolute Gasteiger partial charge is 0.396 e. The molecule has 2 N–H and O–H groups in total. The Morgan fingerprint density at radius 1 is 1.19 bits per heavy atom. The summed E-state index contributed by atoms with van der Waals surface area (Å²) in [6.07, 6.45) is 6.61. The van der Waals surface area contributed by atoms with Crippen molar-refractivity contribution in [1.82, 2.24) is 5.32 Å². The summed E-state index contributed by atoms with van der Waals surface area (Å²) >= 11 is 0. The maximum Gasteiger partial charge on any atom is 0.0494 e. The molecule has 0 spiro atoms. The highest BCUT2D eigenvalue weighted by Crippen LogP contribution is 2.16. The van der Waals surface area contributed by atoms with Gasteiger partial charge in [0.2, 0.25) is 0 Å². The molecule has 0 fully saturated rings. The summed E-state index contributed by atoms with van der Waals surface area (Å²) in [4.78, 5) is 0. The van der Waals surface area contributed by atoms with Gasteiger partial charge in [-0.15, -0.1) is 0 Å². The van der Waals surface area contributed by atoms with Crippen LogP contribution < -0.4 is 5.32 Å². The molecule has 0 saturated heterocycles. The van der Waals surface area contributed by atoms with Gasteiger partial charge in [0.25, 0.3) is 0 Å². The van der Waals surface area contributed by atoms with Crippen LogP contribution in [0.15, 0.2) is 0 Å². The maximum atomic E-state index is 9.12. The zero-order valence-corrected chi connectivity index (χ0v) is 11.7. The topological polar surface area (TPSA) is 32.3 Å². The Labute approximate surface area is 102 Å². The van der Waals surface area contributed by atoms with Crippen molar-refractivity contribution < 1.29 is 5.11 Å². The first-order chi connectivity index (χ1) is 7.55. The molecule has 0 heterocycles. The fourth-order valence-electron chi connectivity index (χ4n) is 1.83. The van der Waals surface area contributed by atoms with Crippen molar-refractivity contribution >= 4 is 0 Å². The van der Waals surface area contributed by atoms with Crippen molar-refractivity contribution in [3.05, 3.63) is 0 Å². The molecule has 1 atom stereocenters. The number of hydrogen-bond acceptors (Lipinski definition) is 2. The minimum Gasteiger partial charge on any atom is -0.396 e. The number of aliphatic hydroxyl groups excluding tert-OH is 1. The maximum absolute atomic E-state index is 9.12. The van der Waals surface area contributed by atoms with Gasteiger partial charge >= 0.3 is 0 Å². The summed E-state index contributed by atoms with van der Waals surface area (Å²) in [7, 11) is 0. The molecule has 0 rings (SSSR count). The van der Waals surface area contributed by atoms with E-state index in [1.807, 2.05) is 0 Å². The molecular weight excluding hydrogens is 198 g/mol. The zero-order valence-electron chi connectivity index (χ0n) is 11.7. The lowest BCUT2D eigenvalue weighted by Crippen LogP contribution is -2.33. The zero-order chi connectivity index (χ0) is 12.4. The number of hydrogen-bond donors (Lipinski definition) is 2. The van der Waals surface area contributed by atoms with Crippen molar-refractivity contribution in [2.45, 2.75) is 59.8 Å². The molecule has 16 heavy (non-hydrogen) atoms. The Bertz CT molecular complexity index is 157. The third kappa shape index (κ3) is 8.12. The third-order valence-electron chi connectivity index (χ3n) is 3.30. The quantitative estimate of drug-likeness (QED) is 0.564. The molecule has 0 aromatic heterocycles. The van der Waals surface area contributed by atoms with E-state index in [2.05, 4.69) is 33.0 Å². The molecule has 0 radical (unpaired) electrons. The fraction of sp³-hybridized carbons (Fsp3) is 1.00. The van der Waals surface area contributed by atoms with Gasteiger partial charge in [-0.05, 0) is 18.9 Å². The second kappa shape index (κ2) is 9.00. The van der Waals surface area contributed by atoms with E-state index in [0.29, 0.717) is 0 Å². The molecule has 0 aromatic carbocycles. The predicted octanol–water partition coefficient (Wildman–Crippen LogP) is 3.20. The lowest BCUT2D eigenvalue weighted by atomic mass is 9.93. The fourth-order valence-corrected chi connectivity index (χ4v) is 1.83. The molecule has 0 aromatic rings. The van der Waals surface area contributed by atoms with Gasteiger partial charge in [0, 0.05) is 18.6 Å². The van der Waals surface area contributed by atoms with Crippen molar-refractivity contribution in [3.63, 3.8) is 0 Å². The summed E-state index contributed by atoms with van der Waals surface area (Å²) in [5, 5.41) is 12.6. The molecule has 0 bridgehead atoms. The van der Waals surface area contributed by atoms with E-state index in [1.54, 1.807) is 0 Å². The lowest BCUT2D eigenvalue weighted by Gasteiger charge is -2.23. The Morgan fingerprint density at radius 3 is 2.38 bits per heavy atom. The van der Waals surface area contributed by atoms with E-state index in [9.17, 15) is 0 Å². The molecule has 0 saturated carbocycles. The Morgan fingerprint density at radius 2 is 1.88 bits per heavy atom. The van der Waals surface area contributed by atoms with Gasteiger partial charge in [0.05, 0.1) is 0 Å². The number of nitrogens with one attached hydrogen (secondary N) is 1. The molecule has 0 aliphatic carbocycles. The summed E-state index contributed by atoms with van der Waals surface area (Å²) < 4.78 is 0. The predicted molar refractivity (Wildman–Crippen MR) is 71.7 cm³/mol. The molecule has 0 amide bonds. The Hall–Kier alpha value is -0.0800. The van der Waals surface area contributed by atoms with Gasteiger partial charge in [-0.3, -0.25) is 0 Å². The smallest absolute Gasteiger partial charge is 0.0494 e. The van der Waals surface area contributed by atoms with Crippen molar-refractivity contribution in [2.75, 3.05) is 19.7 Å². The average Bonchev–Trinajstić information content (AvgIpc) is 2.28. The number of unbranched alkanes of at least 4 members (excludes halogenated alkanes) is 1. The molecule has 2 heteroatoms. The SMILES string of the molecule is CCCCC(CC)CCNCC(C)(C)CO. The first kappa shape index (κ1) is 15.9. The Kier molecular flexibility index (Phi) is 8.96. The van der Waals surface area contributed by atoms with Crippen LogP contribution in [0.1, 0.15) is 59.8 Å². The van der Waals surface area contributed by atoms with Crippen LogP contribution >= 0.6 is 0 Å². The van der Waals surface area contributed by atoms with Crippen LogP contribution in [-0.4, -0.2) is 24.8 Å². The molecule has 98 valence electrons. The highest BCUT2D eigenvalue weighted by atomic mass is 16.3. The van der Waals surface area contributed by atoms with Crippen LogP contribution in [0.3, 0.4) is 0 Å². The minimum atomic E-state index is 0.0190. The Balaban J connectivity index is 3.55. The average molecular weight is 229 g/mol. The van der Waals surface area contributed by atoms with Crippen molar-refractivity contribution in [2.24, 2.45) is 11.3 Å². The molecule has 0 aliphatic rings.